The quantitative estimate of drug-likeness (QED) is 0.732. The molecule has 0 saturated carbocycles. The van der Waals surface area contributed by atoms with E-state index < -0.39 is 0 Å². The molecular formula is C19H22N4OS. The zero-order chi connectivity index (χ0) is 17.8. The van der Waals surface area contributed by atoms with Crippen molar-refractivity contribution in [3.8, 4) is 10.4 Å². The van der Waals surface area contributed by atoms with Gasteiger partial charge in [0, 0.05) is 30.5 Å². The van der Waals surface area contributed by atoms with Crippen molar-refractivity contribution >= 4 is 17.2 Å². The lowest BCUT2D eigenvalue weighted by Crippen LogP contribution is -2.37. The lowest BCUT2D eigenvalue weighted by Gasteiger charge is -2.17. The lowest BCUT2D eigenvalue weighted by atomic mass is 10.1. The number of amides is 1. The maximum absolute atomic E-state index is 12.5. The Kier molecular flexibility index (Phi) is 5.28. The molecule has 1 N–H and O–H groups in total. The molecular weight excluding hydrogens is 332 g/mol. The Morgan fingerprint density at radius 3 is 2.60 bits per heavy atom. The number of hydrogen-bond acceptors (Lipinski definition) is 4. The van der Waals surface area contributed by atoms with Crippen LogP contribution in [0.4, 0.5) is 0 Å². The summed E-state index contributed by atoms with van der Waals surface area (Å²) in [6.07, 6.45) is 6.28. The van der Waals surface area contributed by atoms with Gasteiger partial charge in [-0.05, 0) is 38.0 Å². The van der Waals surface area contributed by atoms with Gasteiger partial charge in [-0.1, -0.05) is 19.1 Å². The van der Waals surface area contributed by atoms with Crippen molar-refractivity contribution < 1.29 is 4.79 Å². The fourth-order valence-corrected chi connectivity index (χ4v) is 3.69. The van der Waals surface area contributed by atoms with Gasteiger partial charge < -0.3 is 9.88 Å². The van der Waals surface area contributed by atoms with Crippen LogP contribution in [-0.4, -0.2) is 26.5 Å². The monoisotopic (exact) mass is 354 g/mol. The molecule has 2 heterocycles. The highest BCUT2D eigenvalue weighted by molar-refractivity contribution is 7.15. The largest absolute Gasteiger partial charge is 0.348 e. The second-order valence-electron chi connectivity index (χ2n) is 6.06. The summed E-state index contributed by atoms with van der Waals surface area (Å²) in [5.74, 6) is -0.0456. The van der Waals surface area contributed by atoms with Gasteiger partial charge in [-0.3, -0.25) is 4.79 Å². The molecule has 0 unspecified atom stereocenters. The van der Waals surface area contributed by atoms with Gasteiger partial charge in [0.1, 0.15) is 0 Å². The van der Waals surface area contributed by atoms with Crippen LogP contribution in [0.3, 0.4) is 0 Å². The van der Waals surface area contributed by atoms with Gasteiger partial charge in [-0.25, -0.2) is 9.97 Å². The van der Waals surface area contributed by atoms with E-state index >= 15 is 0 Å². The first kappa shape index (κ1) is 17.4. The number of hydrogen-bond donors (Lipinski definition) is 1. The molecule has 3 aromatic rings. The third-order valence-corrected chi connectivity index (χ3v) is 5.25. The summed E-state index contributed by atoms with van der Waals surface area (Å²) in [5.41, 5.74) is 2.81. The van der Waals surface area contributed by atoms with Crippen LogP contribution in [0.1, 0.15) is 34.4 Å². The minimum absolute atomic E-state index is 0.0456. The molecule has 25 heavy (non-hydrogen) atoms. The number of aryl methyl sites for hydroxylation is 2. The third kappa shape index (κ3) is 4.14. The van der Waals surface area contributed by atoms with E-state index in [9.17, 15) is 4.79 Å². The average molecular weight is 354 g/mol. The number of imidazole rings is 1. The topological polar surface area (TPSA) is 59.8 Å². The van der Waals surface area contributed by atoms with Gasteiger partial charge in [-0.15, -0.1) is 11.3 Å². The van der Waals surface area contributed by atoms with E-state index in [2.05, 4.69) is 22.2 Å². The molecule has 1 amide bonds. The Morgan fingerprint density at radius 2 is 2.04 bits per heavy atom. The number of nitrogens with zero attached hydrogens (tertiary/aromatic N) is 3. The summed E-state index contributed by atoms with van der Waals surface area (Å²) < 4.78 is 1.98. The van der Waals surface area contributed by atoms with Gasteiger partial charge in [0.15, 0.2) is 0 Å². The molecule has 6 heteroatoms. The highest BCUT2D eigenvalue weighted by Crippen LogP contribution is 2.29. The fourth-order valence-electron chi connectivity index (χ4n) is 2.77. The number of rotatable bonds is 6. The number of aromatic nitrogens is 3. The normalized spacial score (nSPS) is 12.1. The zero-order valence-corrected chi connectivity index (χ0v) is 15.5. The lowest BCUT2D eigenvalue weighted by molar-refractivity contribution is 0.0932. The zero-order valence-electron chi connectivity index (χ0n) is 14.7. The molecule has 3 rings (SSSR count). The molecule has 0 radical (unpaired) electrons. The van der Waals surface area contributed by atoms with Crippen LogP contribution >= 0.6 is 11.3 Å². The summed E-state index contributed by atoms with van der Waals surface area (Å²) in [7, 11) is 0. The molecule has 0 aliphatic heterocycles. The standard InChI is InChI=1S/C19H22N4OS/c1-4-17(11-23-10-9-20-12-23)22-19(24)16-7-5-15(6-8-16)18-13(2)21-14(3)25-18/h5-10,12,17H,4,11H2,1-3H3,(H,22,24)/t17-/m1/s1. The van der Waals surface area contributed by atoms with E-state index in [1.54, 1.807) is 23.9 Å². The van der Waals surface area contributed by atoms with Crippen LogP contribution in [0.25, 0.3) is 10.4 Å². The van der Waals surface area contributed by atoms with Crippen molar-refractivity contribution in [3.63, 3.8) is 0 Å². The molecule has 5 nitrogen and oxygen atoms in total. The molecule has 0 spiro atoms. The summed E-state index contributed by atoms with van der Waals surface area (Å²) in [5, 5.41) is 4.15. The molecule has 1 atom stereocenters. The van der Waals surface area contributed by atoms with E-state index in [1.807, 2.05) is 48.9 Å². The van der Waals surface area contributed by atoms with E-state index in [1.165, 1.54) is 0 Å². The molecule has 2 aromatic heterocycles. The van der Waals surface area contributed by atoms with E-state index in [0.29, 0.717) is 5.56 Å². The smallest absolute Gasteiger partial charge is 0.251 e. The summed E-state index contributed by atoms with van der Waals surface area (Å²) in [6.45, 7) is 6.81. The molecule has 1 aromatic carbocycles. The highest BCUT2D eigenvalue weighted by Gasteiger charge is 2.14. The van der Waals surface area contributed by atoms with Crippen LogP contribution in [0.15, 0.2) is 43.0 Å². The van der Waals surface area contributed by atoms with E-state index in [0.717, 1.165) is 34.1 Å². The van der Waals surface area contributed by atoms with E-state index in [4.69, 9.17) is 0 Å². The Bertz CT molecular complexity index is 837. The molecule has 130 valence electrons. The van der Waals surface area contributed by atoms with Crippen molar-refractivity contribution in [1.82, 2.24) is 19.9 Å². The van der Waals surface area contributed by atoms with Crippen molar-refractivity contribution in [2.45, 2.75) is 39.8 Å². The maximum Gasteiger partial charge on any atom is 0.251 e. The van der Waals surface area contributed by atoms with Crippen molar-refractivity contribution in [1.29, 1.82) is 0 Å². The third-order valence-electron chi connectivity index (χ3n) is 4.13. The SMILES string of the molecule is CC[C@H](Cn1ccnc1)NC(=O)c1ccc(-c2sc(C)nc2C)cc1. The summed E-state index contributed by atoms with van der Waals surface area (Å²) in [4.78, 5) is 22.2. The second-order valence-corrected chi connectivity index (χ2v) is 7.27. The van der Waals surface area contributed by atoms with Crippen molar-refractivity contribution in [2.24, 2.45) is 0 Å². The predicted octanol–water partition coefficient (Wildman–Crippen LogP) is 3.83. The van der Waals surface area contributed by atoms with Crippen molar-refractivity contribution in [3.05, 3.63) is 59.3 Å². The average Bonchev–Trinajstić information content (AvgIpc) is 3.23. The molecule has 0 aliphatic carbocycles. The van der Waals surface area contributed by atoms with Gasteiger partial charge in [-0.2, -0.15) is 0 Å². The van der Waals surface area contributed by atoms with Crippen LogP contribution in [0.2, 0.25) is 0 Å². The van der Waals surface area contributed by atoms with E-state index in [-0.39, 0.29) is 11.9 Å². The minimum Gasteiger partial charge on any atom is -0.348 e. The van der Waals surface area contributed by atoms with Gasteiger partial charge in [0.25, 0.3) is 5.91 Å². The maximum atomic E-state index is 12.5. The first-order chi connectivity index (χ1) is 12.1. The Labute approximate surface area is 151 Å². The van der Waals surface area contributed by atoms with Gasteiger partial charge in [0.2, 0.25) is 0 Å². The van der Waals surface area contributed by atoms with Gasteiger partial charge in [0.05, 0.1) is 21.9 Å². The molecule has 0 bridgehead atoms. The van der Waals surface area contributed by atoms with Crippen LogP contribution < -0.4 is 5.32 Å². The summed E-state index contributed by atoms with van der Waals surface area (Å²) >= 11 is 1.68. The highest BCUT2D eigenvalue weighted by atomic mass is 32.1. The Morgan fingerprint density at radius 1 is 1.28 bits per heavy atom. The minimum atomic E-state index is -0.0456. The fraction of sp³-hybridized carbons (Fsp3) is 0.316. The Hall–Kier alpha value is -2.47. The number of benzene rings is 1. The van der Waals surface area contributed by atoms with Crippen LogP contribution in [-0.2, 0) is 6.54 Å². The molecule has 0 aliphatic rings. The van der Waals surface area contributed by atoms with Crippen LogP contribution in [0.5, 0.6) is 0 Å². The second kappa shape index (κ2) is 7.61. The molecule has 0 fully saturated rings. The Balaban J connectivity index is 1.68. The van der Waals surface area contributed by atoms with Gasteiger partial charge >= 0.3 is 0 Å². The first-order valence-electron chi connectivity index (χ1n) is 8.38. The molecule has 0 saturated heterocycles. The van der Waals surface area contributed by atoms with Crippen molar-refractivity contribution in [2.75, 3.05) is 0 Å². The number of carbonyl (C=O) groups excluding carboxylic acids is 1. The predicted molar refractivity (Wildman–Crippen MR) is 101 cm³/mol. The van der Waals surface area contributed by atoms with Crippen LogP contribution in [0, 0.1) is 13.8 Å². The first-order valence-corrected chi connectivity index (χ1v) is 9.19. The number of carbonyl (C=O) groups is 1. The number of nitrogens with one attached hydrogen (secondary N) is 1. The summed E-state index contributed by atoms with van der Waals surface area (Å²) in [6, 6.07) is 7.82. The number of thiazole rings is 1.